The summed E-state index contributed by atoms with van der Waals surface area (Å²) in [5.41, 5.74) is 9.85. The highest BCUT2D eigenvalue weighted by atomic mass is 79.9. The van der Waals surface area contributed by atoms with Gasteiger partial charge in [-0.25, -0.2) is 0 Å². The highest BCUT2D eigenvalue weighted by Crippen LogP contribution is 2.32. The van der Waals surface area contributed by atoms with Crippen LogP contribution >= 0.6 is 15.9 Å². The molecule has 8 aromatic rings. The molecule has 4 bridgehead atoms. The molecule has 8 aromatic carbocycles. The molecule has 2 heterocycles. The maximum absolute atomic E-state index is 11.3. The van der Waals surface area contributed by atoms with Crippen LogP contribution in [0.4, 0.5) is 0 Å². The molecule has 12 nitrogen and oxygen atoms in total. The summed E-state index contributed by atoms with van der Waals surface area (Å²) in [5, 5.41) is 22.1. The van der Waals surface area contributed by atoms with E-state index in [4.69, 9.17) is 53.8 Å². The Labute approximate surface area is 508 Å². The Hall–Kier alpha value is -7.26. The van der Waals surface area contributed by atoms with Crippen molar-refractivity contribution in [3.05, 3.63) is 272 Å². The van der Waals surface area contributed by atoms with Gasteiger partial charge in [-0.2, -0.15) is 0 Å². The van der Waals surface area contributed by atoms with E-state index >= 15 is 0 Å². The average molecular weight is 1210 g/mol. The van der Waals surface area contributed by atoms with Crippen LogP contribution in [0.3, 0.4) is 0 Å². The van der Waals surface area contributed by atoms with Crippen LogP contribution in [0.25, 0.3) is 12.2 Å². The van der Waals surface area contributed by atoms with Gasteiger partial charge in [0.2, 0.25) is 0 Å². The minimum Gasteiger partial charge on any atom is -0.507 e. The number of benzene rings is 8. The number of fused-ring (bicyclic) bond motifs is 4. The molecule has 0 radical (unpaired) electrons. The second-order valence-electron chi connectivity index (χ2n) is 19.9. The van der Waals surface area contributed by atoms with Crippen LogP contribution in [-0.2, 0) is 73.8 Å². The van der Waals surface area contributed by atoms with E-state index in [0.717, 1.165) is 43.4 Å². The highest BCUT2D eigenvalue weighted by Gasteiger charge is 2.20. The van der Waals surface area contributed by atoms with Crippen molar-refractivity contribution < 1.29 is 57.6 Å². The minimum atomic E-state index is -0.265. The van der Waals surface area contributed by atoms with Crippen LogP contribution in [0.5, 0.6) is 11.5 Å². The lowest BCUT2D eigenvalue weighted by molar-refractivity contribution is -0.0646. The lowest BCUT2D eigenvalue weighted by atomic mass is 10.0. The fourth-order valence-electron chi connectivity index (χ4n) is 9.27. The molecule has 13 heteroatoms. The normalized spacial score (nSPS) is 19.1. The van der Waals surface area contributed by atoms with Crippen molar-refractivity contribution in [1.29, 1.82) is 0 Å². The molecule has 0 aromatic heterocycles. The Morgan fingerprint density at radius 2 is 0.635 bits per heavy atom. The molecule has 85 heavy (non-hydrogen) atoms. The number of hydrogen-bond acceptors (Lipinski definition) is 12. The topological polar surface area (TPSA) is 133 Å². The summed E-state index contributed by atoms with van der Waals surface area (Å²) in [4.78, 5) is 0. The van der Waals surface area contributed by atoms with E-state index in [1.807, 2.05) is 200 Å². The van der Waals surface area contributed by atoms with Crippen molar-refractivity contribution in [2.45, 2.75) is 50.8 Å². The van der Waals surface area contributed by atoms with Crippen molar-refractivity contribution in [3.8, 4) is 23.8 Å². The summed E-state index contributed by atoms with van der Waals surface area (Å²) in [5.74, 6) is 2.88. The van der Waals surface area contributed by atoms with Gasteiger partial charge in [-0.15, -0.1) is 6.42 Å². The Morgan fingerprint density at radius 1 is 0.353 bits per heavy atom. The lowest BCUT2D eigenvalue weighted by Crippen LogP contribution is -2.18. The Morgan fingerprint density at radius 3 is 0.941 bits per heavy atom. The molecule has 0 fully saturated rings. The number of phenolic OH excluding ortho intramolecular Hbond substituents is 2. The average Bonchev–Trinajstić information content (AvgIpc) is 3.75. The van der Waals surface area contributed by atoms with Crippen LogP contribution in [-0.4, -0.2) is 89.5 Å². The number of hydrogen-bond donors (Lipinski definition) is 2. The molecule has 10 rings (SSSR count). The zero-order chi connectivity index (χ0) is 58.9. The molecule has 0 saturated carbocycles. The van der Waals surface area contributed by atoms with Gasteiger partial charge in [-0.1, -0.05) is 204 Å². The molecule has 4 atom stereocenters. The Balaban J connectivity index is 0.000000198. The summed E-state index contributed by atoms with van der Waals surface area (Å²) in [7, 11) is 0. The molecule has 442 valence electrons. The van der Waals surface area contributed by atoms with E-state index in [-0.39, 0.29) is 62.3 Å². The van der Waals surface area contributed by atoms with Gasteiger partial charge in [0.15, 0.2) is 0 Å². The fraction of sp³-hybridized carbons (Fsp3) is 0.278. The third-order valence-corrected chi connectivity index (χ3v) is 14.2. The number of aromatic hydroxyl groups is 2. The van der Waals surface area contributed by atoms with Crippen molar-refractivity contribution in [2.75, 3.05) is 79.3 Å². The van der Waals surface area contributed by atoms with Gasteiger partial charge in [-0.3, -0.25) is 0 Å². The number of rotatable bonds is 6. The van der Waals surface area contributed by atoms with Gasteiger partial charge in [0.05, 0.1) is 106 Å². The maximum atomic E-state index is 11.3. The summed E-state index contributed by atoms with van der Waals surface area (Å²) < 4.78 is 61.2. The third kappa shape index (κ3) is 22.0. The first kappa shape index (κ1) is 63.8. The highest BCUT2D eigenvalue weighted by molar-refractivity contribution is 9.10. The molecule has 0 amide bonds. The number of halogens is 1. The van der Waals surface area contributed by atoms with E-state index in [9.17, 15) is 10.2 Å². The summed E-state index contributed by atoms with van der Waals surface area (Å²) in [6.45, 7) is 5.82. The van der Waals surface area contributed by atoms with Gasteiger partial charge in [0, 0.05) is 32.3 Å². The molecule has 2 aliphatic rings. The van der Waals surface area contributed by atoms with Gasteiger partial charge >= 0.3 is 0 Å². The number of terminal acetylenes is 1. The summed E-state index contributed by atoms with van der Waals surface area (Å²) >= 11 is 3.54. The molecule has 0 unspecified atom stereocenters. The van der Waals surface area contributed by atoms with Gasteiger partial charge < -0.3 is 57.6 Å². The smallest absolute Gasteiger partial charge is 0.126 e. The van der Waals surface area contributed by atoms with Gasteiger partial charge in [0.25, 0.3) is 0 Å². The van der Waals surface area contributed by atoms with E-state index in [1.165, 1.54) is 0 Å². The molecule has 2 N–H and O–H groups in total. The van der Waals surface area contributed by atoms with E-state index < -0.39 is 0 Å². The summed E-state index contributed by atoms with van der Waals surface area (Å²) in [6, 6.07) is 67.3. The Kier molecular flexibility index (Phi) is 27.4. The van der Waals surface area contributed by atoms with Crippen LogP contribution in [0.2, 0.25) is 0 Å². The first-order chi connectivity index (χ1) is 41.9. The zero-order valence-corrected chi connectivity index (χ0v) is 49.4. The van der Waals surface area contributed by atoms with Gasteiger partial charge in [0.1, 0.15) is 35.9 Å². The monoisotopic (exact) mass is 1210 g/mol. The van der Waals surface area contributed by atoms with Crippen molar-refractivity contribution in [2.24, 2.45) is 0 Å². The number of phenols is 2. The van der Waals surface area contributed by atoms with E-state index in [0.29, 0.717) is 102 Å². The first-order valence-corrected chi connectivity index (χ1v) is 29.4. The molecular formula is C72H75BrO12. The van der Waals surface area contributed by atoms with Crippen molar-refractivity contribution in [3.63, 3.8) is 0 Å². The fourth-order valence-corrected chi connectivity index (χ4v) is 9.82. The number of ether oxygens (including phenoxy) is 10. The minimum absolute atomic E-state index is 0.177. The van der Waals surface area contributed by atoms with E-state index in [1.54, 1.807) is 0 Å². The summed E-state index contributed by atoms with van der Waals surface area (Å²) in [6.07, 6.45) is 8.18. The third-order valence-electron chi connectivity index (χ3n) is 13.7. The standard InChI is InChI=1S/C36H38O6.C28H31BrO6.C8H6/c37-36-32-22-29(17-16-28-10-4-1-5-11-28)23-33(36)25-40-27-35(31-14-8-3-9-15-31)42-21-19-38-18-20-41-34(26-39-24-32)30-12-6-2-7-13-30;29-25-15-23-17-32-19-26(21-7-3-1-4-8-21)34-13-11-31-12-14-35-27(22-9-5-2-6-10-22)20-33-18-24(16-25)28(23)30;1-2-8-6-4-3-5-7-8/h1-17,22-23,34-35,37H,18-21,24-27H2;1-10,15-16,26-27,30H,11-14,17-20H2;1,3-7H/t34-,35-;26-,27-;/m11./s1. The molecular weight excluding hydrogens is 1140 g/mol. The molecule has 0 spiro atoms. The second-order valence-corrected chi connectivity index (χ2v) is 20.8. The quantitative estimate of drug-likeness (QED) is 0.121. The molecule has 0 saturated heterocycles. The van der Waals surface area contributed by atoms with E-state index in [2.05, 4.69) is 40.1 Å². The van der Waals surface area contributed by atoms with Crippen LogP contribution in [0.15, 0.2) is 211 Å². The second kappa shape index (κ2) is 36.6. The Bertz CT molecular complexity index is 3040. The predicted molar refractivity (Wildman–Crippen MR) is 334 cm³/mol. The molecule has 0 aliphatic carbocycles. The van der Waals surface area contributed by atoms with Crippen molar-refractivity contribution >= 4 is 28.1 Å². The van der Waals surface area contributed by atoms with Crippen LogP contribution in [0.1, 0.15) is 85.6 Å². The SMILES string of the molecule is C#Cc1ccccc1.Oc1c2cc(Br)cc1COC[C@H](c1ccccc1)OCCOCCO[C@@H](c1ccccc1)COC2.Oc1c2cc(C=Cc3ccccc3)cc1COC[C@H](c1ccccc1)OCCOCCO[C@@H](c1ccccc1)COC2. The van der Waals surface area contributed by atoms with Crippen molar-refractivity contribution in [1.82, 2.24) is 0 Å². The zero-order valence-electron chi connectivity index (χ0n) is 47.8. The maximum Gasteiger partial charge on any atom is 0.126 e. The first-order valence-electron chi connectivity index (χ1n) is 28.6. The molecule has 2 aliphatic heterocycles. The predicted octanol–water partition coefficient (Wildman–Crippen LogP) is 14.5. The van der Waals surface area contributed by atoms with Crippen LogP contribution < -0.4 is 0 Å². The lowest BCUT2D eigenvalue weighted by Gasteiger charge is -2.21. The largest absolute Gasteiger partial charge is 0.507 e. The van der Waals surface area contributed by atoms with Gasteiger partial charge in [-0.05, 0) is 69.8 Å². The van der Waals surface area contributed by atoms with Crippen LogP contribution in [0, 0.1) is 12.3 Å².